The smallest absolute Gasteiger partial charge is 0.0503 e. The molecule has 1 saturated heterocycles. The van der Waals surface area contributed by atoms with E-state index in [1.165, 1.54) is 32.4 Å². The predicted octanol–water partition coefficient (Wildman–Crippen LogP) is 0.444. The van der Waals surface area contributed by atoms with Gasteiger partial charge in [-0.3, -0.25) is 4.90 Å². The summed E-state index contributed by atoms with van der Waals surface area (Å²) in [5.41, 5.74) is 5.78. The monoisotopic (exact) mass is 184 g/mol. The van der Waals surface area contributed by atoms with E-state index >= 15 is 0 Å². The lowest BCUT2D eigenvalue weighted by Gasteiger charge is -2.39. The maximum absolute atomic E-state index is 5.78. The minimum atomic E-state index is 0.478. The van der Waals surface area contributed by atoms with E-state index in [0.717, 1.165) is 18.6 Å². The van der Waals surface area contributed by atoms with Crippen LogP contribution in [0.3, 0.4) is 0 Å². The minimum absolute atomic E-state index is 0.478. The van der Waals surface area contributed by atoms with Gasteiger partial charge in [-0.1, -0.05) is 0 Å². The van der Waals surface area contributed by atoms with Crippen LogP contribution in [0.15, 0.2) is 0 Å². The second-order valence-electron chi connectivity index (χ2n) is 4.49. The van der Waals surface area contributed by atoms with Crippen LogP contribution in [0.2, 0.25) is 0 Å². The molecule has 1 aliphatic carbocycles. The Hall–Kier alpha value is -0.120. The third-order valence-electron chi connectivity index (χ3n) is 3.39. The number of methoxy groups -OCH3 is 1. The minimum Gasteiger partial charge on any atom is -0.384 e. The van der Waals surface area contributed by atoms with Gasteiger partial charge in [0.05, 0.1) is 6.61 Å². The highest BCUT2D eigenvalue weighted by molar-refractivity contribution is 4.92. The number of hydrogen-bond donors (Lipinski definition) is 1. The lowest BCUT2D eigenvalue weighted by Crippen LogP contribution is -2.49. The molecular formula is C10H20N2O. The molecule has 1 unspecified atom stereocenters. The Kier molecular flexibility index (Phi) is 2.86. The SMILES string of the molecule is COCC1CCN(C2CC(N)C2)C1. The Morgan fingerprint density at radius 1 is 1.46 bits per heavy atom. The van der Waals surface area contributed by atoms with E-state index in [-0.39, 0.29) is 0 Å². The van der Waals surface area contributed by atoms with Crippen molar-refractivity contribution >= 4 is 0 Å². The zero-order valence-electron chi connectivity index (χ0n) is 8.41. The van der Waals surface area contributed by atoms with Crippen molar-refractivity contribution in [2.75, 3.05) is 26.8 Å². The second-order valence-corrected chi connectivity index (χ2v) is 4.49. The van der Waals surface area contributed by atoms with E-state index in [2.05, 4.69) is 4.90 Å². The molecule has 13 heavy (non-hydrogen) atoms. The zero-order chi connectivity index (χ0) is 9.26. The Bertz CT molecular complexity index is 168. The summed E-state index contributed by atoms with van der Waals surface area (Å²) in [7, 11) is 1.79. The summed E-state index contributed by atoms with van der Waals surface area (Å²) in [5.74, 6) is 0.766. The van der Waals surface area contributed by atoms with Crippen LogP contribution >= 0.6 is 0 Å². The average Bonchev–Trinajstić information content (AvgIpc) is 2.48. The van der Waals surface area contributed by atoms with Crippen molar-refractivity contribution in [3.63, 3.8) is 0 Å². The van der Waals surface area contributed by atoms with Crippen LogP contribution < -0.4 is 5.73 Å². The molecule has 76 valence electrons. The summed E-state index contributed by atoms with van der Waals surface area (Å²) >= 11 is 0. The van der Waals surface area contributed by atoms with Crippen LogP contribution in [0, 0.1) is 5.92 Å². The number of nitrogens with zero attached hydrogens (tertiary/aromatic N) is 1. The van der Waals surface area contributed by atoms with Gasteiger partial charge in [0, 0.05) is 25.7 Å². The Morgan fingerprint density at radius 2 is 2.23 bits per heavy atom. The number of likely N-dealkylation sites (tertiary alicyclic amines) is 1. The fraction of sp³-hybridized carbons (Fsp3) is 1.00. The van der Waals surface area contributed by atoms with Crippen LogP contribution in [0.1, 0.15) is 19.3 Å². The van der Waals surface area contributed by atoms with Crippen molar-refractivity contribution in [3.05, 3.63) is 0 Å². The standard InChI is InChI=1S/C10H20N2O/c1-13-7-8-2-3-12(6-8)10-4-9(11)5-10/h8-10H,2-7,11H2,1H3. The topological polar surface area (TPSA) is 38.5 Å². The average molecular weight is 184 g/mol. The zero-order valence-corrected chi connectivity index (χ0v) is 8.41. The van der Waals surface area contributed by atoms with Gasteiger partial charge in [0.2, 0.25) is 0 Å². The molecule has 0 aromatic heterocycles. The van der Waals surface area contributed by atoms with Crippen molar-refractivity contribution in [1.82, 2.24) is 4.90 Å². The van der Waals surface area contributed by atoms with Gasteiger partial charge >= 0.3 is 0 Å². The summed E-state index contributed by atoms with van der Waals surface area (Å²) in [4.78, 5) is 2.59. The molecule has 3 heteroatoms. The summed E-state index contributed by atoms with van der Waals surface area (Å²) < 4.78 is 5.18. The molecule has 1 atom stereocenters. The van der Waals surface area contributed by atoms with Gasteiger partial charge in [-0.2, -0.15) is 0 Å². The summed E-state index contributed by atoms with van der Waals surface area (Å²) in [6.07, 6.45) is 3.72. The van der Waals surface area contributed by atoms with Gasteiger partial charge in [-0.05, 0) is 31.7 Å². The van der Waals surface area contributed by atoms with Crippen LogP contribution in [-0.4, -0.2) is 43.8 Å². The van der Waals surface area contributed by atoms with Crippen molar-refractivity contribution in [2.45, 2.75) is 31.3 Å². The van der Waals surface area contributed by atoms with Crippen molar-refractivity contribution in [1.29, 1.82) is 0 Å². The first kappa shape index (κ1) is 9.44. The lowest BCUT2D eigenvalue weighted by atomic mass is 9.86. The van der Waals surface area contributed by atoms with Crippen LogP contribution in [0.5, 0.6) is 0 Å². The number of hydrogen-bond acceptors (Lipinski definition) is 3. The lowest BCUT2D eigenvalue weighted by molar-refractivity contribution is 0.115. The first-order chi connectivity index (χ1) is 6.29. The fourth-order valence-corrected chi connectivity index (χ4v) is 2.49. The highest BCUT2D eigenvalue weighted by Crippen LogP contribution is 2.29. The number of ether oxygens (including phenoxy) is 1. The van der Waals surface area contributed by atoms with E-state index in [9.17, 15) is 0 Å². The molecule has 0 aromatic rings. The molecule has 3 nitrogen and oxygen atoms in total. The highest BCUT2D eigenvalue weighted by atomic mass is 16.5. The number of rotatable bonds is 3. The molecule has 0 spiro atoms. The van der Waals surface area contributed by atoms with E-state index in [0.29, 0.717) is 6.04 Å². The van der Waals surface area contributed by atoms with Crippen molar-refractivity contribution in [2.24, 2.45) is 11.7 Å². The summed E-state index contributed by atoms with van der Waals surface area (Å²) in [5, 5.41) is 0. The van der Waals surface area contributed by atoms with E-state index < -0.39 is 0 Å². The van der Waals surface area contributed by atoms with Crippen molar-refractivity contribution in [3.8, 4) is 0 Å². The molecule has 1 saturated carbocycles. The molecule has 0 amide bonds. The molecule has 1 aliphatic heterocycles. The third-order valence-corrected chi connectivity index (χ3v) is 3.39. The van der Waals surface area contributed by atoms with E-state index in [1.54, 1.807) is 7.11 Å². The molecular weight excluding hydrogens is 164 g/mol. The van der Waals surface area contributed by atoms with E-state index in [4.69, 9.17) is 10.5 Å². The maximum Gasteiger partial charge on any atom is 0.0503 e. The van der Waals surface area contributed by atoms with E-state index in [1.807, 2.05) is 0 Å². The maximum atomic E-state index is 5.78. The van der Waals surface area contributed by atoms with Gasteiger partial charge in [-0.25, -0.2) is 0 Å². The van der Waals surface area contributed by atoms with Gasteiger partial charge in [0.25, 0.3) is 0 Å². The first-order valence-corrected chi connectivity index (χ1v) is 5.28. The molecule has 0 aromatic carbocycles. The molecule has 2 N–H and O–H groups in total. The van der Waals surface area contributed by atoms with Crippen LogP contribution in [-0.2, 0) is 4.74 Å². The van der Waals surface area contributed by atoms with Crippen LogP contribution in [0.25, 0.3) is 0 Å². The molecule has 0 bridgehead atoms. The predicted molar refractivity (Wildman–Crippen MR) is 52.6 cm³/mol. The molecule has 0 radical (unpaired) electrons. The largest absolute Gasteiger partial charge is 0.384 e. The Morgan fingerprint density at radius 3 is 2.85 bits per heavy atom. The van der Waals surface area contributed by atoms with Gasteiger partial charge < -0.3 is 10.5 Å². The summed E-state index contributed by atoms with van der Waals surface area (Å²) in [6, 6.07) is 1.27. The molecule has 2 fully saturated rings. The quantitative estimate of drug-likeness (QED) is 0.692. The van der Waals surface area contributed by atoms with Gasteiger partial charge in [-0.15, -0.1) is 0 Å². The molecule has 1 heterocycles. The number of nitrogens with two attached hydrogens (primary N) is 1. The Labute approximate surface area is 80.2 Å². The first-order valence-electron chi connectivity index (χ1n) is 5.28. The highest BCUT2D eigenvalue weighted by Gasteiger charge is 2.35. The second kappa shape index (κ2) is 3.95. The van der Waals surface area contributed by atoms with Crippen molar-refractivity contribution < 1.29 is 4.74 Å². The normalized spacial score (nSPS) is 40.6. The molecule has 2 aliphatic rings. The van der Waals surface area contributed by atoms with Crippen LogP contribution in [0.4, 0.5) is 0 Å². The summed E-state index contributed by atoms with van der Waals surface area (Å²) in [6.45, 7) is 3.41. The third kappa shape index (κ3) is 2.03. The van der Waals surface area contributed by atoms with Gasteiger partial charge in [0.1, 0.15) is 0 Å². The Balaban J connectivity index is 1.72. The van der Waals surface area contributed by atoms with Gasteiger partial charge in [0.15, 0.2) is 0 Å². The fourth-order valence-electron chi connectivity index (χ4n) is 2.49. The molecule has 2 rings (SSSR count).